The Morgan fingerprint density at radius 1 is 1.45 bits per heavy atom. The van der Waals surface area contributed by atoms with Crippen LogP contribution in [0.2, 0.25) is 0 Å². The Hall–Kier alpha value is -0.990. The number of aromatic nitrogens is 3. The molecule has 1 aromatic heterocycles. The summed E-state index contributed by atoms with van der Waals surface area (Å²) in [6.45, 7) is 2.00. The van der Waals surface area contributed by atoms with E-state index < -0.39 is 0 Å². The summed E-state index contributed by atoms with van der Waals surface area (Å²) in [5.41, 5.74) is 0.912. The van der Waals surface area contributed by atoms with Crippen molar-refractivity contribution in [1.82, 2.24) is 14.9 Å². The second kappa shape index (κ2) is 6.64. The van der Waals surface area contributed by atoms with Crippen molar-refractivity contribution in [2.24, 2.45) is 5.10 Å². The summed E-state index contributed by atoms with van der Waals surface area (Å²) in [7, 11) is 1.62. The highest BCUT2D eigenvalue weighted by Crippen LogP contribution is 2.33. The van der Waals surface area contributed by atoms with E-state index >= 15 is 0 Å². The highest BCUT2D eigenvalue weighted by atomic mass is 79.9. The molecule has 0 aliphatic rings. The Labute approximate surface area is 138 Å². The van der Waals surface area contributed by atoms with Crippen molar-refractivity contribution < 1.29 is 4.74 Å². The highest BCUT2D eigenvalue weighted by Gasteiger charge is 2.07. The maximum Gasteiger partial charge on any atom is 0.216 e. The number of nitrogens with one attached hydrogen (secondary N) is 1. The van der Waals surface area contributed by atoms with Gasteiger partial charge in [-0.1, -0.05) is 6.92 Å². The number of methoxy groups -OCH3 is 1. The third kappa shape index (κ3) is 3.18. The van der Waals surface area contributed by atoms with Gasteiger partial charge in [0.2, 0.25) is 4.77 Å². The normalized spacial score (nSPS) is 11.2. The maximum atomic E-state index is 5.26. The van der Waals surface area contributed by atoms with Gasteiger partial charge in [0.1, 0.15) is 5.75 Å². The molecule has 0 aliphatic carbocycles. The zero-order valence-electron chi connectivity index (χ0n) is 10.9. The molecule has 0 saturated carbocycles. The number of halogens is 2. The van der Waals surface area contributed by atoms with E-state index in [1.165, 1.54) is 0 Å². The number of nitrogens with zero attached hydrogens (tertiary/aromatic N) is 3. The number of hydrogen-bond acceptors (Lipinski definition) is 4. The number of aromatic amines is 1. The molecule has 0 amide bonds. The minimum Gasteiger partial charge on any atom is -0.494 e. The summed E-state index contributed by atoms with van der Waals surface area (Å²) in [5, 5.41) is 11.2. The van der Waals surface area contributed by atoms with Gasteiger partial charge in [0.05, 0.1) is 22.3 Å². The maximum absolute atomic E-state index is 5.26. The van der Waals surface area contributed by atoms with Gasteiger partial charge in [-0.3, -0.25) is 5.10 Å². The molecular formula is C12H12Br2N4OS. The Balaban J connectivity index is 2.37. The molecule has 0 saturated heterocycles. The number of benzene rings is 1. The van der Waals surface area contributed by atoms with E-state index in [2.05, 4.69) is 47.2 Å². The molecule has 5 nitrogen and oxygen atoms in total. The van der Waals surface area contributed by atoms with Gasteiger partial charge in [-0.05, 0) is 61.8 Å². The Morgan fingerprint density at radius 2 is 2.10 bits per heavy atom. The number of aryl methyl sites for hydroxylation is 1. The molecule has 0 radical (unpaired) electrons. The van der Waals surface area contributed by atoms with Crippen molar-refractivity contribution in [3.05, 3.63) is 37.2 Å². The molecule has 106 valence electrons. The second-order valence-electron chi connectivity index (χ2n) is 3.87. The average molecular weight is 420 g/mol. The van der Waals surface area contributed by atoms with Crippen molar-refractivity contribution in [3.8, 4) is 5.75 Å². The number of ether oxygens (including phenoxy) is 1. The van der Waals surface area contributed by atoms with Gasteiger partial charge in [-0.15, -0.1) is 0 Å². The van der Waals surface area contributed by atoms with Gasteiger partial charge in [0.15, 0.2) is 5.82 Å². The lowest BCUT2D eigenvalue weighted by Crippen LogP contribution is -1.97. The molecule has 20 heavy (non-hydrogen) atoms. The molecule has 0 spiro atoms. The first-order chi connectivity index (χ1) is 9.56. The van der Waals surface area contributed by atoms with Crippen LogP contribution in [-0.2, 0) is 6.42 Å². The van der Waals surface area contributed by atoms with Crippen LogP contribution in [0.1, 0.15) is 18.3 Å². The predicted molar refractivity (Wildman–Crippen MR) is 88.2 cm³/mol. The van der Waals surface area contributed by atoms with Crippen LogP contribution >= 0.6 is 44.1 Å². The van der Waals surface area contributed by atoms with Crippen LogP contribution in [0.15, 0.2) is 26.2 Å². The van der Waals surface area contributed by atoms with E-state index in [4.69, 9.17) is 17.0 Å². The summed E-state index contributed by atoms with van der Waals surface area (Å²) in [5.74, 6) is 1.54. The fraction of sp³-hybridized carbons (Fsp3) is 0.250. The zero-order valence-corrected chi connectivity index (χ0v) is 14.8. The number of H-pyrrole nitrogens is 1. The first-order valence-electron chi connectivity index (χ1n) is 5.80. The minimum absolute atomic E-state index is 0.477. The Kier molecular flexibility index (Phi) is 5.11. The van der Waals surface area contributed by atoms with Gasteiger partial charge in [-0.25, -0.2) is 0 Å². The van der Waals surface area contributed by atoms with Gasteiger partial charge in [-0.2, -0.15) is 14.9 Å². The van der Waals surface area contributed by atoms with Crippen LogP contribution in [0.3, 0.4) is 0 Å². The van der Waals surface area contributed by atoms with E-state index in [-0.39, 0.29) is 0 Å². The van der Waals surface area contributed by atoms with E-state index in [0.29, 0.717) is 4.77 Å². The van der Waals surface area contributed by atoms with Crippen LogP contribution in [0, 0.1) is 4.77 Å². The lowest BCUT2D eigenvalue weighted by molar-refractivity contribution is 0.409. The van der Waals surface area contributed by atoms with Gasteiger partial charge in [0.25, 0.3) is 0 Å². The molecule has 8 heteroatoms. The fourth-order valence-corrected chi connectivity index (χ4v) is 3.39. The topological polar surface area (TPSA) is 55.2 Å². The molecule has 0 bridgehead atoms. The molecule has 1 aromatic carbocycles. The van der Waals surface area contributed by atoms with Crippen molar-refractivity contribution in [2.45, 2.75) is 13.3 Å². The Morgan fingerprint density at radius 3 is 2.65 bits per heavy atom. The van der Waals surface area contributed by atoms with E-state index in [1.54, 1.807) is 18.0 Å². The molecule has 0 atom stereocenters. The SMILES string of the molecule is CCc1n[nH]c(=S)n1/N=C\c1cc(Br)c(OC)c(Br)c1. The van der Waals surface area contributed by atoms with Crippen molar-refractivity contribution in [3.63, 3.8) is 0 Å². The van der Waals surface area contributed by atoms with Crippen LogP contribution in [0.4, 0.5) is 0 Å². The van der Waals surface area contributed by atoms with Crippen LogP contribution in [-0.4, -0.2) is 28.2 Å². The lowest BCUT2D eigenvalue weighted by atomic mass is 10.2. The predicted octanol–water partition coefficient (Wildman–Crippen LogP) is 3.92. The smallest absolute Gasteiger partial charge is 0.216 e. The van der Waals surface area contributed by atoms with Gasteiger partial charge < -0.3 is 4.74 Å². The summed E-state index contributed by atoms with van der Waals surface area (Å²) >= 11 is 12.1. The zero-order chi connectivity index (χ0) is 14.7. The summed E-state index contributed by atoms with van der Waals surface area (Å²) < 4.78 is 9.05. The number of hydrogen-bond donors (Lipinski definition) is 1. The van der Waals surface area contributed by atoms with E-state index in [0.717, 1.165) is 32.5 Å². The fourth-order valence-electron chi connectivity index (χ4n) is 1.65. The summed E-state index contributed by atoms with van der Waals surface area (Å²) in [4.78, 5) is 0. The molecule has 0 fully saturated rings. The molecular weight excluding hydrogens is 408 g/mol. The quantitative estimate of drug-likeness (QED) is 0.603. The molecule has 0 aliphatic heterocycles. The molecule has 1 heterocycles. The Bertz CT molecular complexity index is 685. The third-order valence-electron chi connectivity index (χ3n) is 2.58. The largest absolute Gasteiger partial charge is 0.494 e. The van der Waals surface area contributed by atoms with E-state index in [1.807, 2.05) is 19.1 Å². The first-order valence-corrected chi connectivity index (χ1v) is 7.80. The van der Waals surface area contributed by atoms with E-state index in [9.17, 15) is 0 Å². The monoisotopic (exact) mass is 418 g/mol. The van der Waals surface area contributed by atoms with Crippen LogP contribution in [0.5, 0.6) is 5.75 Å². The molecule has 2 rings (SSSR count). The molecule has 2 aromatic rings. The first kappa shape index (κ1) is 15.4. The second-order valence-corrected chi connectivity index (χ2v) is 5.97. The number of rotatable bonds is 4. The van der Waals surface area contributed by atoms with Crippen molar-refractivity contribution in [2.75, 3.05) is 7.11 Å². The summed E-state index contributed by atoms with van der Waals surface area (Å²) in [6, 6.07) is 3.84. The lowest BCUT2D eigenvalue weighted by Gasteiger charge is -2.06. The van der Waals surface area contributed by atoms with Gasteiger partial charge >= 0.3 is 0 Å². The summed E-state index contributed by atoms with van der Waals surface area (Å²) in [6.07, 6.45) is 2.47. The van der Waals surface area contributed by atoms with Crippen LogP contribution < -0.4 is 4.74 Å². The van der Waals surface area contributed by atoms with Crippen LogP contribution in [0.25, 0.3) is 0 Å². The van der Waals surface area contributed by atoms with Crippen molar-refractivity contribution in [1.29, 1.82) is 0 Å². The van der Waals surface area contributed by atoms with Gasteiger partial charge in [0, 0.05) is 6.42 Å². The molecule has 1 N–H and O–H groups in total. The minimum atomic E-state index is 0.477. The molecule has 0 unspecified atom stereocenters. The third-order valence-corrected chi connectivity index (χ3v) is 4.02. The highest BCUT2D eigenvalue weighted by molar-refractivity contribution is 9.11. The standard InChI is InChI=1S/C12H12Br2N4OS/c1-3-10-16-17-12(20)18(10)15-6-7-4-8(13)11(19-2)9(14)5-7/h4-6H,3H2,1-2H3,(H,17,20)/b15-6-. The van der Waals surface area contributed by atoms with Crippen molar-refractivity contribution >= 4 is 50.3 Å². The average Bonchev–Trinajstić information content (AvgIpc) is 2.76.